The number of aromatic nitrogens is 1. The van der Waals surface area contributed by atoms with Crippen molar-refractivity contribution in [3.8, 4) is 0 Å². The Hall–Kier alpha value is -1.88. The third kappa shape index (κ3) is 1.28. The first kappa shape index (κ1) is 8.43. The molecule has 0 fully saturated rings. The van der Waals surface area contributed by atoms with Crippen LogP contribution in [-0.2, 0) is 0 Å². The highest BCUT2D eigenvalue weighted by molar-refractivity contribution is 7.80. The maximum absolute atomic E-state index is 4.83. The first-order valence-electron chi connectivity index (χ1n) is 4.45. The fourth-order valence-electron chi connectivity index (χ4n) is 1.60. The zero-order chi connectivity index (χ0) is 10.3. The van der Waals surface area contributed by atoms with Gasteiger partial charge in [0.15, 0.2) is 5.84 Å². The molecule has 5 heteroatoms. The molecule has 1 aromatic heterocycles. The zero-order valence-electron chi connectivity index (χ0n) is 7.64. The van der Waals surface area contributed by atoms with Gasteiger partial charge < -0.3 is 4.98 Å². The minimum Gasteiger partial charge on any atom is -0.360 e. The molecule has 1 aromatic carbocycles. The van der Waals surface area contributed by atoms with Gasteiger partial charge in [-0.2, -0.15) is 4.99 Å². The molecule has 1 aliphatic rings. The predicted octanol–water partition coefficient (Wildman–Crippen LogP) is 2.67. The van der Waals surface area contributed by atoms with Crippen molar-refractivity contribution in [2.75, 3.05) is 0 Å². The minimum absolute atomic E-state index is 0.287. The Morgan fingerprint density at radius 1 is 1.13 bits per heavy atom. The number of amidine groups is 1. The average Bonchev–Trinajstić information content (AvgIpc) is 2.83. The Labute approximate surface area is 90.7 Å². The lowest BCUT2D eigenvalue weighted by atomic mass is 10.1. The average molecular weight is 214 g/mol. The number of fused-ring (bicyclic) bond motifs is 1. The summed E-state index contributed by atoms with van der Waals surface area (Å²) in [7, 11) is 0. The number of hydrogen-bond acceptors (Lipinski definition) is 2. The van der Waals surface area contributed by atoms with Gasteiger partial charge in [-0.1, -0.05) is 18.2 Å². The van der Waals surface area contributed by atoms with Crippen LogP contribution < -0.4 is 0 Å². The maximum Gasteiger partial charge on any atom is 0.242 e. The number of nitrogens with zero attached hydrogens (tertiary/aromatic N) is 3. The molecule has 3 rings (SSSR count). The highest BCUT2D eigenvalue weighted by atomic mass is 32.1. The predicted molar refractivity (Wildman–Crippen MR) is 62.3 cm³/mol. The topological polar surface area (TPSA) is 52.9 Å². The largest absolute Gasteiger partial charge is 0.360 e. The standard InChI is InChI=1S/C10H6N4S/c15-10-12-9(13-14-10)7-5-11-8-4-2-1-3-6(7)8/h1-5,11H. The molecule has 0 saturated carbocycles. The van der Waals surface area contributed by atoms with Gasteiger partial charge >= 0.3 is 0 Å². The lowest BCUT2D eigenvalue weighted by Crippen LogP contribution is -1.91. The first-order valence-corrected chi connectivity index (χ1v) is 4.86. The molecule has 0 saturated heterocycles. The van der Waals surface area contributed by atoms with Crippen LogP contribution in [0.2, 0.25) is 0 Å². The number of aromatic amines is 1. The molecule has 72 valence electrons. The van der Waals surface area contributed by atoms with E-state index in [1.165, 1.54) is 0 Å². The summed E-state index contributed by atoms with van der Waals surface area (Å²) < 4.78 is 0. The zero-order valence-corrected chi connectivity index (χ0v) is 8.45. The summed E-state index contributed by atoms with van der Waals surface area (Å²) >= 11 is 4.83. The molecule has 0 amide bonds. The van der Waals surface area contributed by atoms with Crippen LogP contribution in [0.15, 0.2) is 45.7 Å². The van der Waals surface area contributed by atoms with Gasteiger partial charge in [0.25, 0.3) is 0 Å². The molecule has 4 nitrogen and oxygen atoms in total. The molecule has 2 heterocycles. The van der Waals surface area contributed by atoms with E-state index in [1.807, 2.05) is 30.5 Å². The molecule has 0 aliphatic carbocycles. The number of azo groups is 1. The van der Waals surface area contributed by atoms with Gasteiger partial charge in [-0.05, 0) is 18.3 Å². The summed E-state index contributed by atoms with van der Waals surface area (Å²) in [4.78, 5) is 7.23. The number of H-pyrrole nitrogens is 1. The van der Waals surface area contributed by atoms with Crippen LogP contribution in [0, 0.1) is 0 Å². The summed E-state index contributed by atoms with van der Waals surface area (Å²) in [6, 6.07) is 7.97. The van der Waals surface area contributed by atoms with Gasteiger partial charge in [-0.15, -0.1) is 10.2 Å². The molecular weight excluding hydrogens is 208 g/mol. The normalized spacial score (nSPS) is 14.9. The first-order chi connectivity index (χ1) is 7.34. The van der Waals surface area contributed by atoms with Crippen LogP contribution in [0.4, 0.5) is 0 Å². The molecule has 15 heavy (non-hydrogen) atoms. The van der Waals surface area contributed by atoms with E-state index in [-0.39, 0.29) is 5.11 Å². The smallest absolute Gasteiger partial charge is 0.242 e. The van der Waals surface area contributed by atoms with E-state index in [9.17, 15) is 0 Å². The van der Waals surface area contributed by atoms with Crippen LogP contribution in [0.1, 0.15) is 5.56 Å². The van der Waals surface area contributed by atoms with Crippen molar-refractivity contribution < 1.29 is 0 Å². The van der Waals surface area contributed by atoms with Crippen molar-refractivity contribution in [3.63, 3.8) is 0 Å². The van der Waals surface area contributed by atoms with E-state index in [1.54, 1.807) is 0 Å². The monoisotopic (exact) mass is 214 g/mol. The molecule has 1 N–H and O–H groups in total. The SMILES string of the molecule is S=C1N=NC(c2c[nH]c3ccccc23)=N1. The Morgan fingerprint density at radius 3 is 2.80 bits per heavy atom. The number of aliphatic imine (C=N–C) groups is 1. The lowest BCUT2D eigenvalue weighted by molar-refractivity contribution is 1.40. The van der Waals surface area contributed by atoms with Crippen molar-refractivity contribution in [2.24, 2.45) is 15.2 Å². The third-order valence-electron chi connectivity index (χ3n) is 2.26. The number of thiocarbonyl (C=S) groups is 1. The van der Waals surface area contributed by atoms with Gasteiger partial charge in [-0.25, -0.2) is 0 Å². The third-order valence-corrected chi connectivity index (χ3v) is 2.43. The fourth-order valence-corrected chi connectivity index (χ4v) is 1.72. The molecule has 0 unspecified atom stereocenters. The highest BCUT2D eigenvalue weighted by Gasteiger charge is 2.13. The summed E-state index contributed by atoms with van der Waals surface area (Å²) in [6.45, 7) is 0. The van der Waals surface area contributed by atoms with E-state index >= 15 is 0 Å². The molecular formula is C10H6N4S. The van der Waals surface area contributed by atoms with Crippen LogP contribution in [0.5, 0.6) is 0 Å². The summed E-state index contributed by atoms with van der Waals surface area (Å²) in [5, 5.41) is 9.01. The fraction of sp³-hybridized carbons (Fsp3) is 0. The van der Waals surface area contributed by atoms with E-state index < -0.39 is 0 Å². The van der Waals surface area contributed by atoms with Crippen LogP contribution >= 0.6 is 12.2 Å². The number of hydrogen-bond donors (Lipinski definition) is 1. The van der Waals surface area contributed by atoms with Gasteiger partial charge in [0.2, 0.25) is 5.11 Å². The summed E-state index contributed by atoms with van der Waals surface area (Å²) in [5.41, 5.74) is 2.00. The second kappa shape index (κ2) is 3.06. The second-order valence-corrected chi connectivity index (χ2v) is 3.53. The van der Waals surface area contributed by atoms with E-state index in [0.29, 0.717) is 5.84 Å². The van der Waals surface area contributed by atoms with Gasteiger partial charge in [0.05, 0.1) is 0 Å². The number of benzene rings is 1. The van der Waals surface area contributed by atoms with Gasteiger partial charge in [-0.3, -0.25) is 0 Å². The van der Waals surface area contributed by atoms with E-state index in [0.717, 1.165) is 16.5 Å². The molecule has 0 atom stereocenters. The van der Waals surface area contributed by atoms with Crippen molar-refractivity contribution in [3.05, 3.63) is 36.0 Å². The van der Waals surface area contributed by atoms with Crippen molar-refractivity contribution in [2.45, 2.75) is 0 Å². The molecule has 0 spiro atoms. The van der Waals surface area contributed by atoms with E-state index in [2.05, 4.69) is 20.2 Å². The van der Waals surface area contributed by atoms with Gasteiger partial charge in [0.1, 0.15) is 0 Å². The Morgan fingerprint density at radius 2 is 2.00 bits per heavy atom. The number of rotatable bonds is 1. The van der Waals surface area contributed by atoms with Crippen LogP contribution in [0.25, 0.3) is 10.9 Å². The Balaban J connectivity index is 2.24. The second-order valence-electron chi connectivity index (χ2n) is 3.17. The Kier molecular flexibility index (Phi) is 1.72. The number of nitrogens with one attached hydrogen (secondary N) is 1. The highest BCUT2D eigenvalue weighted by Crippen LogP contribution is 2.20. The molecule has 1 aliphatic heterocycles. The minimum atomic E-state index is 0.287. The Bertz CT molecular complexity index is 609. The molecule has 2 aromatic rings. The van der Waals surface area contributed by atoms with E-state index in [4.69, 9.17) is 12.2 Å². The van der Waals surface area contributed by atoms with Crippen molar-refractivity contribution in [1.29, 1.82) is 0 Å². The van der Waals surface area contributed by atoms with Crippen LogP contribution in [0.3, 0.4) is 0 Å². The van der Waals surface area contributed by atoms with Crippen molar-refractivity contribution >= 4 is 34.1 Å². The maximum atomic E-state index is 4.83. The van der Waals surface area contributed by atoms with Crippen LogP contribution in [-0.4, -0.2) is 15.9 Å². The molecule has 0 bridgehead atoms. The number of para-hydroxylation sites is 1. The quantitative estimate of drug-likeness (QED) is 0.729. The lowest BCUT2D eigenvalue weighted by Gasteiger charge is -1.92. The van der Waals surface area contributed by atoms with Gasteiger partial charge in [0, 0.05) is 22.7 Å². The van der Waals surface area contributed by atoms with Crippen molar-refractivity contribution in [1.82, 2.24) is 4.98 Å². The summed E-state index contributed by atoms with van der Waals surface area (Å²) in [6.07, 6.45) is 1.87. The summed E-state index contributed by atoms with van der Waals surface area (Å²) in [5.74, 6) is 0.581. The molecule has 0 radical (unpaired) electrons.